The van der Waals surface area contributed by atoms with Crippen molar-refractivity contribution in [3.63, 3.8) is 0 Å². The van der Waals surface area contributed by atoms with Crippen LogP contribution in [0.15, 0.2) is 12.3 Å². The summed E-state index contributed by atoms with van der Waals surface area (Å²) in [7, 11) is 0. The van der Waals surface area contributed by atoms with Gasteiger partial charge < -0.3 is 0 Å². The van der Waals surface area contributed by atoms with Gasteiger partial charge in [0.1, 0.15) is 0 Å². The van der Waals surface area contributed by atoms with Crippen LogP contribution in [0.2, 0.25) is 5.15 Å². The average molecular weight is 255 g/mol. The SMILES string of the molecule is FC(F)(F)c1cc([As])cnc1Cl. The standard InChI is InChI=1S/C6H2AsClF3N/c7-3-1-4(6(9,10)11)5(8)12-2-3/h1-2H. The summed E-state index contributed by atoms with van der Waals surface area (Å²) in [6.45, 7) is 0. The molecule has 0 aromatic carbocycles. The van der Waals surface area contributed by atoms with Crippen LogP contribution in [0.3, 0.4) is 0 Å². The van der Waals surface area contributed by atoms with Crippen LogP contribution in [0.25, 0.3) is 0 Å². The molecule has 0 amide bonds. The number of halogens is 4. The predicted molar refractivity (Wildman–Crippen MR) is 39.6 cm³/mol. The van der Waals surface area contributed by atoms with Crippen LogP contribution in [-0.2, 0) is 6.18 Å². The molecular formula is C6H2AsClF3N. The molecular weight excluding hydrogens is 253 g/mol. The Labute approximate surface area is 80.4 Å². The van der Waals surface area contributed by atoms with Gasteiger partial charge in [0, 0.05) is 0 Å². The summed E-state index contributed by atoms with van der Waals surface area (Å²) >= 11 is 7.22. The Morgan fingerprint density at radius 1 is 1.42 bits per heavy atom. The van der Waals surface area contributed by atoms with E-state index in [4.69, 9.17) is 11.6 Å². The molecule has 1 rings (SSSR count). The summed E-state index contributed by atoms with van der Waals surface area (Å²) < 4.78 is 36.7. The number of aromatic nitrogens is 1. The Balaban J connectivity index is 3.23. The third-order valence-corrected chi connectivity index (χ3v) is 1.94. The zero-order valence-corrected chi connectivity index (χ0v) is 8.19. The van der Waals surface area contributed by atoms with Gasteiger partial charge in [0.15, 0.2) is 0 Å². The van der Waals surface area contributed by atoms with Crippen LogP contribution in [0.1, 0.15) is 5.56 Å². The first-order valence-electron chi connectivity index (χ1n) is 2.83. The molecule has 0 atom stereocenters. The maximum absolute atomic E-state index is 12.1. The first-order chi connectivity index (χ1) is 5.41. The first kappa shape index (κ1) is 9.87. The third-order valence-electron chi connectivity index (χ3n) is 1.13. The molecule has 0 aliphatic heterocycles. The fraction of sp³-hybridized carbons (Fsp3) is 0.167. The van der Waals surface area contributed by atoms with Gasteiger partial charge in [-0.2, -0.15) is 0 Å². The fourth-order valence-electron chi connectivity index (χ4n) is 0.636. The molecule has 1 aromatic rings. The van der Waals surface area contributed by atoms with E-state index in [1.165, 1.54) is 6.20 Å². The van der Waals surface area contributed by atoms with Crippen molar-refractivity contribution < 1.29 is 13.2 Å². The van der Waals surface area contributed by atoms with Gasteiger partial charge in [-0.15, -0.1) is 0 Å². The van der Waals surface area contributed by atoms with Crippen molar-refractivity contribution in [2.24, 2.45) is 0 Å². The van der Waals surface area contributed by atoms with Crippen LogP contribution in [-0.4, -0.2) is 21.8 Å². The molecule has 0 unspecified atom stereocenters. The van der Waals surface area contributed by atoms with Crippen molar-refractivity contribution in [3.8, 4) is 0 Å². The second-order valence-electron chi connectivity index (χ2n) is 2.03. The molecule has 0 saturated heterocycles. The normalized spacial score (nSPS) is 11.8. The minimum absolute atomic E-state index is 0.374. The quantitative estimate of drug-likeness (QED) is 0.506. The van der Waals surface area contributed by atoms with Crippen molar-refractivity contribution in [2.75, 3.05) is 0 Å². The zero-order valence-electron chi connectivity index (χ0n) is 5.56. The third kappa shape index (κ3) is 2.14. The van der Waals surface area contributed by atoms with Crippen LogP contribution < -0.4 is 4.35 Å². The Bertz CT molecular complexity index is 299. The number of hydrogen-bond donors (Lipinski definition) is 0. The molecule has 0 spiro atoms. The van der Waals surface area contributed by atoms with Gasteiger partial charge in [-0.25, -0.2) is 0 Å². The van der Waals surface area contributed by atoms with E-state index < -0.39 is 16.9 Å². The number of pyridine rings is 1. The van der Waals surface area contributed by atoms with Crippen LogP contribution in [0, 0.1) is 0 Å². The van der Waals surface area contributed by atoms with E-state index in [9.17, 15) is 13.2 Å². The molecule has 0 fully saturated rings. The van der Waals surface area contributed by atoms with E-state index in [0.29, 0.717) is 4.35 Å². The monoisotopic (exact) mass is 255 g/mol. The zero-order chi connectivity index (χ0) is 9.35. The first-order valence-corrected chi connectivity index (χ1v) is 4.14. The average Bonchev–Trinajstić information content (AvgIpc) is 1.92. The number of nitrogens with zero attached hydrogens (tertiary/aromatic N) is 1. The van der Waals surface area contributed by atoms with Gasteiger partial charge in [-0.1, -0.05) is 0 Å². The second kappa shape index (κ2) is 3.27. The molecule has 1 aromatic heterocycles. The Morgan fingerprint density at radius 2 is 2.00 bits per heavy atom. The van der Waals surface area contributed by atoms with Crippen LogP contribution in [0.4, 0.5) is 13.2 Å². The van der Waals surface area contributed by atoms with Gasteiger partial charge >= 0.3 is 80.1 Å². The van der Waals surface area contributed by atoms with Crippen molar-refractivity contribution in [3.05, 3.63) is 23.0 Å². The van der Waals surface area contributed by atoms with Gasteiger partial charge in [-0.3, -0.25) is 0 Å². The maximum atomic E-state index is 12.1. The summed E-state index contributed by atoms with van der Waals surface area (Å²) in [6, 6.07) is 0.940. The number of alkyl halides is 3. The molecule has 0 saturated carbocycles. The predicted octanol–water partition coefficient (Wildman–Crippen LogP) is 1.55. The minimum atomic E-state index is -4.43. The molecule has 2 radical (unpaired) electrons. The van der Waals surface area contributed by atoms with E-state index >= 15 is 0 Å². The number of rotatable bonds is 0. The fourth-order valence-corrected chi connectivity index (χ4v) is 1.24. The Kier molecular flexibility index (Phi) is 2.69. The van der Waals surface area contributed by atoms with Gasteiger partial charge in [0.25, 0.3) is 0 Å². The van der Waals surface area contributed by atoms with Crippen molar-refractivity contribution >= 4 is 32.8 Å². The van der Waals surface area contributed by atoms with Crippen LogP contribution in [0.5, 0.6) is 0 Å². The van der Waals surface area contributed by atoms with Gasteiger partial charge in [0.05, 0.1) is 0 Å². The van der Waals surface area contributed by atoms with Crippen LogP contribution >= 0.6 is 11.6 Å². The van der Waals surface area contributed by atoms with Crippen molar-refractivity contribution in [1.82, 2.24) is 4.98 Å². The summed E-state index contributed by atoms with van der Waals surface area (Å²) in [5, 5.41) is -0.516. The molecule has 0 aliphatic carbocycles. The molecule has 12 heavy (non-hydrogen) atoms. The van der Waals surface area contributed by atoms with E-state index in [2.05, 4.69) is 4.98 Å². The topological polar surface area (TPSA) is 12.9 Å². The molecule has 6 heteroatoms. The Hall–Kier alpha value is -0.212. The number of hydrogen-bond acceptors (Lipinski definition) is 1. The van der Waals surface area contributed by atoms with E-state index in [1.54, 1.807) is 0 Å². The molecule has 0 bridgehead atoms. The van der Waals surface area contributed by atoms with E-state index in [1.807, 2.05) is 16.9 Å². The second-order valence-corrected chi connectivity index (χ2v) is 3.47. The van der Waals surface area contributed by atoms with Crippen molar-refractivity contribution in [2.45, 2.75) is 6.18 Å². The molecule has 1 heterocycles. The summed E-state index contributed by atoms with van der Waals surface area (Å²) in [5.41, 5.74) is -0.901. The molecule has 64 valence electrons. The van der Waals surface area contributed by atoms with Gasteiger partial charge in [0.2, 0.25) is 0 Å². The summed E-state index contributed by atoms with van der Waals surface area (Å²) in [5.74, 6) is 0. The summed E-state index contributed by atoms with van der Waals surface area (Å²) in [6.07, 6.45) is -3.17. The van der Waals surface area contributed by atoms with Gasteiger partial charge in [-0.05, 0) is 0 Å². The molecule has 1 nitrogen and oxygen atoms in total. The van der Waals surface area contributed by atoms with E-state index in [0.717, 1.165) is 6.07 Å². The van der Waals surface area contributed by atoms with E-state index in [-0.39, 0.29) is 0 Å². The Morgan fingerprint density at radius 3 is 2.42 bits per heavy atom. The van der Waals surface area contributed by atoms with Crippen molar-refractivity contribution in [1.29, 1.82) is 0 Å². The molecule has 0 aliphatic rings. The molecule has 0 N–H and O–H groups in total. The summed E-state index contributed by atoms with van der Waals surface area (Å²) in [4.78, 5) is 3.37.